The average molecular weight is 805 g/mol. The maximum atomic E-state index is 6.67. The van der Waals surface area contributed by atoms with Crippen LogP contribution >= 0.6 is 0 Å². The molecule has 0 atom stereocenters. The third kappa shape index (κ3) is 5.09. The first-order valence-electron chi connectivity index (χ1n) is 21.2. The first-order valence-corrected chi connectivity index (χ1v) is 21.2. The number of furan rings is 2. The predicted octanol–water partition coefficient (Wildman–Crippen LogP) is 15.2. The molecule has 0 bridgehead atoms. The van der Waals surface area contributed by atoms with Gasteiger partial charge in [-0.05, 0) is 80.8 Å². The zero-order valence-corrected chi connectivity index (χ0v) is 33.6. The van der Waals surface area contributed by atoms with Crippen LogP contribution in [-0.4, -0.2) is 19.5 Å². The molecule has 4 aromatic heterocycles. The molecule has 0 N–H and O–H groups in total. The summed E-state index contributed by atoms with van der Waals surface area (Å²) in [5.74, 6) is 1.63. The molecule has 0 amide bonds. The normalized spacial score (nSPS) is 12.1. The van der Waals surface area contributed by atoms with Crippen molar-refractivity contribution in [2.75, 3.05) is 0 Å². The minimum atomic E-state index is 0.523. The van der Waals surface area contributed by atoms with E-state index in [2.05, 4.69) is 162 Å². The first kappa shape index (κ1) is 34.1. The van der Waals surface area contributed by atoms with Crippen molar-refractivity contribution in [1.82, 2.24) is 19.5 Å². The molecular weight excluding hydrogens is 773 g/mol. The van der Waals surface area contributed by atoms with E-state index in [9.17, 15) is 0 Å². The van der Waals surface area contributed by atoms with E-state index in [1.165, 1.54) is 26.9 Å². The summed E-state index contributed by atoms with van der Waals surface area (Å²) in [6.45, 7) is 0. The lowest BCUT2D eigenvalue weighted by Gasteiger charge is -2.15. The van der Waals surface area contributed by atoms with Crippen molar-refractivity contribution in [3.8, 4) is 39.9 Å². The second kappa shape index (κ2) is 12.9. The van der Waals surface area contributed by atoms with Gasteiger partial charge in [0.15, 0.2) is 17.5 Å². The molecule has 4 heterocycles. The van der Waals surface area contributed by atoms with Gasteiger partial charge >= 0.3 is 0 Å². The Morgan fingerprint density at radius 2 is 0.937 bits per heavy atom. The Morgan fingerprint density at radius 3 is 1.75 bits per heavy atom. The Bertz CT molecular complexity index is 4230. The summed E-state index contributed by atoms with van der Waals surface area (Å²) in [6, 6.07) is 68.1. The molecule has 0 saturated carbocycles. The number of fused-ring (bicyclic) bond motifs is 13. The summed E-state index contributed by atoms with van der Waals surface area (Å²) in [7, 11) is 0. The molecule has 0 spiro atoms. The molecule has 0 unspecified atom stereocenters. The summed E-state index contributed by atoms with van der Waals surface area (Å²) in [5, 5.41) is 13.4. The molecule has 10 aromatic carbocycles. The lowest BCUT2D eigenvalue weighted by atomic mass is 10.0. The molecule has 6 nitrogen and oxygen atoms in total. The third-order valence-corrected chi connectivity index (χ3v) is 12.8. The number of aromatic nitrogens is 4. The Labute approximate surface area is 358 Å². The van der Waals surface area contributed by atoms with Crippen LogP contribution in [0, 0.1) is 0 Å². The van der Waals surface area contributed by atoms with E-state index >= 15 is 0 Å². The Balaban J connectivity index is 1.13. The van der Waals surface area contributed by atoms with Gasteiger partial charge in [0.2, 0.25) is 0 Å². The molecule has 0 radical (unpaired) electrons. The summed E-state index contributed by atoms with van der Waals surface area (Å²) in [6.07, 6.45) is 0. The van der Waals surface area contributed by atoms with Crippen molar-refractivity contribution < 1.29 is 8.83 Å². The molecule has 0 saturated heterocycles. The van der Waals surface area contributed by atoms with Gasteiger partial charge in [-0.1, -0.05) is 140 Å². The molecule has 63 heavy (non-hydrogen) atoms. The van der Waals surface area contributed by atoms with Crippen molar-refractivity contribution in [2.24, 2.45) is 0 Å². The molecule has 292 valence electrons. The molecule has 6 heteroatoms. The monoisotopic (exact) mass is 804 g/mol. The summed E-state index contributed by atoms with van der Waals surface area (Å²) < 4.78 is 15.7. The van der Waals surface area contributed by atoms with Gasteiger partial charge in [0, 0.05) is 49.5 Å². The molecule has 0 fully saturated rings. The molecule has 0 aliphatic rings. The van der Waals surface area contributed by atoms with Gasteiger partial charge in [-0.15, -0.1) is 0 Å². The first-order chi connectivity index (χ1) is 31.2. The van der Waals surface area contributed by atoms with E-state index in [1.54, 1.807) is 0 Å². The number of hydrogen-bond donors (Lipinski definition) is 0. The van der Waals surface area contributed by atoms with E-state index in [4.69, 9.17) is 23.8 Å². The van der Waals surface area contributed by atoms with Crippen LogP contribution in [0.25, 0.3) is 138 Å². The van der Waals surface area contributed by atoms with Crippen molar-refractivity contribution >= 4 is 98.0 Å². The molecule has 14 aromatic rings. The van der Waals surface area contributed by atoms with Gasteiger partial charge < -0.3 is 13.4 Å². The van der Waals surface area contributed by atoms with Crippen molar-refractivity contribution in [1.29, 1.82) is 0 Å². The highest BCUT2D eigenvalue weighted by molar-refractivity contribution is 6.24. The maximum absolute atomic E-state index is 6.67. The second-order valence-corrected chi connectivity index (χ2v) is 16.3. The van der Waals surface area contributed by atoms with E-state index in [0.717, 1.165) is 93.4 Å². The zero-order valence-electron chi connectivity index (χ0n) is 33.6. The Hall–Kier alpha value is -8.61. The number of rotatable bonds is 4. The Morgan fingerprint density at radius 1 is 0.333 bits per heavy atom. The Kier molecular flexibility index (Phi) is 7.02. The van der Waals surface area contributed by atoms with Crippen LogP contribution < -0.4 is 0 Å². The quantitative estimate of drug-likeness (QED) is 0.177. The molecular formula is C57H32N4O2. The second-order valence-electron chi connectivity index (χ2n) is 16.3. The molecule has 0 aliphatic carbocycles. The SMILES string of the molecule is c1ccc2cc(-c3nc(-c4cc5c(cc4-n4c6cc7ccccc7cc6c6c7ccccc7ccc64)oc4ccccc45)nc(-c4cccc5c4oc4ccccc45)n3)ccc2c1. The predicted molar refractivity (Wildman–Crippen MR) is 258 cm³/mol. The van der Waals surface area contributed by atoms with Crippen LogP contribution in [0.15, 0.2) is 203 Å². The smallest absolute Gasteiger partial charge is 0.167 e. The van der Waals surface area contributed by atoms with Crippen LogP contribution in [0.5, 0.6) is 0 Å². The van der Waals surface area contributed by atoms with Crippen LogP contribution in [0.3, 0.4) is 0 Å². The van der Waals surface area contributed by atoms with Gasteiger partial charge in [0.1, 0.15) is 22.3 Å². The van der Waals surface area contributed by atoms with E-state index < -0.39 is 0 Å². The number of hydrogen-bond acceptors (Lipinski definition) is 5. The van der Waals surface area contributed by atoms with Gasteiger partial charge in [-0.2, -0.15) is 0 Å². The third-order valence-electron chi connectivity index (χ3n) is 12.8. The van der Waals surface area contributed by atoms with Crippen LogP contribution in [0.4, 0.5) is 0 Å². The number of para-hydroxylation sites is 3. The fourth-order valence-corrected chi connectivity index (χ4v) is 9.85. The largest absolute Gasteiger partial charge is 0.456 e. The molecule has 0 aliphatic heterocycles. The van der Waals surface area contributed by atoms with Gasteiger partial charge in [0.25, 0.3) is 0 Å². The van der Waals surface area contributed by atoms with Crippen LogP contribution in [0.2, 0.25) is 0 Å². The van der Waals surface area contributed by atoms with Gasteiger partial charge in [-0.3, -0.25) is 0 Å². The number of benzene rings is 10. The molecule has 14 rings (SSSR count). The highest BCUT2D eigenvalue weighted by Crippen LogP contribution is 2.44. The van der Waals surface area contributed by atoms with Crippen molar-refractivity contribution in [3.63, 3.8) is 0 Å². The average Bonchev–Trinajstić information content (AvgIpc) is 4.01. The summed E-state index contributed by atoms with van der Waals surface area (Å²) in [5.41, 5.74) is 8.73. The lowest BCUT2D eigenvalue weighted by molar-refractivity contribution is 0.668. The van der Waals surface area contributed by atoms with E-state index in [0.29, 0.717) is 17.5 Å². The fraction of sp³-hybridized carbons (Fsp3) is 0. The van der Waals surface area contributed by atoms with Crippen molar-refractivity contribution in [2.45, 2.75) is 0 Å². The minimum absolute atomic E-state index is 0.523. The van der Waals surface area contributed by atoms with Crippen LogP contribution in [-0.2, 0) is 0 Å². The van der Waals surface area contributed by atoms with Crippen molar-refractivity contribution in [3.05, 3.63) is 194 Å². The highest BCUT2D eigenvalue weighted by atomic mass is 16.3. The standard InChI is InChI=1S/C57H32N4O2/c1-2-14-35-28-38(25-24-33(35)12-1)55-58-56(43-21-11-20-42-40-18-7-10-23-51(40)63-54(42)43)60-57(59-55)46-31-44-41-19-8-9-22-50(41)62-52(44)32-49(46)61-47-27-26-34-13-5-6-17-39(34)53(47)45-29-36-15-3-4-16-37(36)30-48(45)61/h1-32H. The van der Waals surface area contributed by atoms with Gasteiger partial charge in [0.05, 0.1) is 22.3 Å². The summed E-state index contributed by atoms with van der Waals surface area (Å²) in [4.78, 5) is 16.2. The summed E-state index contributed by atoms with van der Waals surface area (Å²) >= 11 is 0. The lowest BCUT2D eigenvalue weighted by Crippen LogP contribution is -2.04. The number of nitrogens with zero attached hydrogens (tertiary/aromatic N) is 4. The minimum Gasteiger partial charge on any atom is -0.456 e. The topological polar surface area (TPSA) is 69.9 Å². The zero-order chi connectivity index (χ0) is 41.2. The van der Waals surface area contributed by atoms with E-state index in [-0.39, 0.29) is 0 Å². The van der Waals surface area contributed by atoms with E-state index in [1.807, 2.05) is 36.4 Å². The van der Waals surface area contributed by atoms with Gasteiger partial charge in [-0.25, -0.2) is 15.0 Å². The fourth-order valence-electron chi connectivity index (χ4n) is 9.85. The van der Waals surface area contributed by atoms with Crippen LogP contribution in [0.1, 0.15) is 0 Å². The maximum Gasteiger partial charge on any atom is 0.167 e. The highest BCUT2D eigenvalue weighted by Gasteiger charge is 2.24.